The molecule has 7 heteroatoms. The first-order valence-electron chi connectivity index (χ1n) is 9.48. The monoisotopic (exact) mass is 408 g/mol. The van der Waals surface area contributed by atoms with E-state index < -0.39 is 17.7 Å². The number of hydrogen-bond donors (Lipinski definition) is 0. The SMILES string of the molecule is COC(=O)c1cc(-c2cn(C(=O)OC(C)(C)C)c3ccccc23)c(C(C)=O)c(C)n1. The Morgan fingerprint density at radius 1 is 1.07 bits per heavy atom. The fourth-order valence-electron chi connectivity index (χ4n) is 3.40. The Bertz CT molecular complexity index is 1170. The molecule has 3 aromatic rings. The third kappa shape index (κ3) is 3.96. The van der Waals surface area contributed by atoms with Crippen molar-refractivity contribution in [3.63, 3.8) is 0 Å². The zero-order valence-electron chi connectivity index (χ0n) is 17.9. The zero-order chi connectivity index (χ0) is 22.2. The summed E-state index contributed by atoms with van der Waals surface area (Å²) in [4.78, 5) is 41.6. The first-order valence-corrected chi connectivity index (χ1v) is 9.48. The van der Waals surface area contributed by atoms with Crippen molar-refractivity contribution in [3.8, 4) is 11.1 Å². The van der Waals surface area contributed by atoms with Gasteiger partial charge >= 0.3 is 12.1 Å². The molecular formula is C23H24N2O5. The zero-order valence-corrected chi connectivity index (χ0v) is 17.9. The molecule has 0 aliphatic rings. The average molecular weight is 408 g/mol. The van der Waals surface area contributed by atoms with E-state index in [4.69, 9.17) is 9.47 Å². The van der Waals surface area contributed by atoms with Crippen LogP contribution in [0.4, 0.5) is 4.79 Å². The number of rotatable bonds is 3. The van der Waals surface area contributed by atoms with Gasteiger partial charge in [0.15, 0.2) is 5.78 Å². The third-order valence-corrected chi connectivity index (χ3v) is 4.54. The third-order valence-electron chi connectivity index (χ3n) is 4.54. The van der Waals surface area contributed by atoms with Gasteiger partial charge in [-0.2, -0.15) is 0 Å². The molecule has 3 rings (SSSR count). The van der Waals surface area contributed by atoms with Crippen LogP contribution in [0, 0.1) is 6.92 Å². The van der Waals surface area contributed by atoms with Crippen molar-refractivity contribution in [2.24, 2.45) is 0 Å². The summed E-state index contributed by atoms with van der Waals surface area (Å²) < 4.78 is 11.7. The number of esters is 1. The van der Waals surface area contributed by atoms with Crippen molar-refractivity contribution in [1.29, 1.82) is 0 Å². The molecule has 0 spiro atoms. The number of methoxy groups -OCH3 is 1. The van der Waals surface area contributed by atoms with Crippen LogP contribution in [0.15, 0.2) is 36.5 Å². The number of hydrogen-bond acceptors (Lipinski definition) is 6. The van der Waals surface area contributed by atoms with Gasteiger partial charge in [-0.05, 0) is 52.3 Å². The maximum atomic E-state index is 12.8. The molecule has 0 atom stereocenters. The molecule has 2 aromatic heterocycles. The topological polar surface area (TPSA) is 87.5 Å². The molecule has 1 aromatic carbocycles. The molecule has 2 heterocycles. The van der Waals surface area contributed by atoms with E-state index in [1.807, 2.05) is 18.2 Å². The summed E-state index contributed by atoms with van der Waals surface area (Å²) in [7, 11) is 1.27. The van der Waals surface area contributed by atoms with Gasteiger partial charge in [-0.3, -0.25) is 9.36 Å². The molecule has 0 aliphatic carbocycles. The summed E-state index contributed by atoms with van der Waals surface area (Å²) in [6, 6.07) is 8.83. The first-order chi connectivity index (χ1) is 14.0. The van der Waals surface area contributed by atoms with Crippen LogP contribution in [0.5, 0.6) is 0 Å². The summed E-state index contributed by atoms with van der Waals surface area (Å²) in [5.41, 5.74) is 1.98. The molecule has 0 fully saturated rings. The van der Waals surface area contributed by atoms with Crippen LogP contribution >= 0.6 is 0 Å². The van der Waals surface area contributed by atoms with E-state index in [0.717, 1.165) is 5.39 Å². The summed E-state index contributed by atoms with van der Waals surface area (Å²) in [6.07, 6.45) is 1.09. The van der Waals surface area contributed by atoms with Gasteiger partial charge in [0, 0.05) is 28.4 Å². The van der Waals surface area contributed by atoms with E-state index in [1.54, 1.807) is 40.0 Å². The van der Waals surface area contributed by atoms with E-state index in [2.05, 4.69) is 4.98 Å². The number of aryl methyl sites for hydroxylation is 1. The fraction of sp³-hybridized carbons (Fsp3) is 0.304. The largest absolute Gasteiger partial charge is 0.464 e. The summed E-state index contributed by atoms with van der Waals surface area (Å²) in [5.74, 6) is -0.800. The van der Waals surface area contributed by atoms with Crippen LogP contribution in [0.1, 0.15) is 54.2 Å². The van der Waals surface area contributed by atoms with Gasteiger partial charge in [0.1, 0.15) is 11.3 Å². The molecule has 0 radical (unpaired) electrons. The maximum Gasteiger partial charge on any atom is 0.419 e. The van der Waals surface area contributed by atoms with Crippen LogP contribution in [-0.4, -0.2) is 40.1 Å². The van der Waals surface area contributed by atoms with Gasteiger partial charge in [-0.25, -0.2) is 14.6 Å². The van der Waals surface area contributed by atoms with Crippen molar-refractivity contribution in [3.05, 3.63) is 53.5 Å². The number of Topliss-reactive ketones (excluding diaryl/α,β-unsaturated/α-hetero) is 1. The van der Waals surface area contributed by atoms with Gasteiger partial charge in [0.25, 0.3) is 0 Å². The predicted octanol–water partition coefficient (Wildman–Crippen LogP) is 4.78. The van der Waals surface area contributed by atoms with Crippen molar-refractivity contribution >= 4 is 28.7 Å². The standard InChI is InChI=1S/C23H24N2O5/c1-13-20(14(2)26)16(11-18(24-13)21(27)29-6)17-12-25(22(28)30-23(3,4)5)19-10-8-7-9-15(17)19/h7-12H,1-6H3. The minimum Gasteiger partial charge on any atom is -0.464 e. The molecule has 30 heavy (non-hydrogen) atoms. The average Bonchev–Trinajstić information content (AvgIpc) is 3.04. The quantitative estimate of drug-likeness (QED) is 0.458. The Kier molecular flexibility index (Phi) is 5.48. The summed E-state index contributed by atoms with van der Waals surface area (Å²) >= 11 is 0. The number of carbonyl (C=O) groups is 3. The van der Waals surface area contributed by atoms with Crippen LogP contribution in [0.25, 0.3) is 22.0 Å². The fourth-order valence-corrected chi connectivity index (χ4v) is 3.40. The van der Waals surface area contributed by atoms with Crippen LogP contribution in [0.2, 0.25) is 0 Å². The molecule has 0 N–H and O–H groups in total. The highest BCUT2D eigenvalue weighted by molar-refractivity contribution is 6.09. The second-order valence-corrected chi connectivity index (χ2v) is 7.97. The number of ketones is 1. The van der Waals surface area contributed by atoms with Gasteiger partial charge in [-0.1, -0.05) is 18.2 Å². The van der Waals surface area contributed by atoms with E-state index in [1.165, 1.54) is 24.7 Å². The molecule has 7 nitrogen and oxygen atoms in total. The second kappa shape index (κ2) is 7.74. The number of carbonyl (C=O) groups excluding carboxylic acids is 3. The Morgan fingerprint density at radius 2 is 1.73 bits per heavy atom. The van der Waals surface area contributed by atoms with E-state index in [-0.39, 0.29) is 11.5 Å². The number of nitrogens with zero attached hydrogens (tertiary/aromatic N) is 2. The number of benzene rings is 1. The lowest BCUT2D eigenvalue weighted by atomic mass is 9.95. The van der Waals surface area contributed by atoms with Crippen molar-refractivity contribution < 1.29 is 23.9 Å². The molecule has 0 amide bonds. The number of para-hydroxylation sites is 1. The highest BCUT2D eigenvalue weighted by atomic mass is 16.6. The van der Waals surface area contributed by atoms with Gasteiger partial charge in [-0.15, -0.1) is 0 Å². The Morgan fingerprint density at radius 3 is 2.33 bits per heavy atom. The van der Waals surface area contributed by atoms with Crippen molar-refractivity contribution in [2.75, 3.05) is 7.11 Å². The summed E-state index contributed by atoms with van der Waals surface area (Å²) in [5, 5.41) is 0.743. The number of ether oxygens (including phenoxy) is 2. The molecule has 0 saturated heterocycles. The van der Waals surface area contributed by atoms with Gasteiger partial charge < -0.3 is 9.47 Å². The van der Waals surface area contributed by atoms with Crippen LogP contribution < -0.4 is 0 Å². The van der Waals surface area contributed by atoms with E-state index >= 15 is 0 Å². The highest BCUT2D eigenvalue weighted by Crippen LogP contribution is 2.35. The second-order valence-electron chi connectivity index (χ2n) is 7.97. The van der Waals surface area contributed by atoms with Crippen LogP contribution in [-0.2, 0) is 9.47 Å². The molecule has 0 unspecified atom stereocenters. The normalized spacial score (nSPS) is 11.4. The van der Waals surface area contributed by atoms with Crippen molar-refractivity contribution in [1.82, 2.24) is 9.55 Å². The molecule has 0 aliphatic heterocycles. The molecule has 0 saturated carbocycles. The minimum atomic E-state index is -0.668. The minimum absolute atomic E-state index is 0.0871. The van der Waals surface area contributed by atoms with E-state index in [9.17, 15) is 14.4 Å². The Labute approximate surface area is 174 Å². The lowest BCUT2D eigenvalue weighted by Crippen LogP contribution is -2.26. The van der Waals surface area contributed by atoms with E-state index in [0.29, 0.717) is 27.9 Å². The maximum absolute atomic E-state index is 12.8. The predicted molar refractivity (Wildman–Crippen MR) is 113 cm³/mol. The smallest absolute Gasteiger partial charge is 0.419 e. The number of pyridine rings is 1. The highest BCUT2D eigenvalue weighted by Gasteiger charge is 2.24. The van der Waals surface area contributed by atoms with Crippen molar-refractivity contribution in [2.45, 2.75) is 40.2 Å². The summed E-state index contributed by atoms with van der Waals surface area (Å²) in [6.45, 7) is 8.48. The number of aromatic nitrogens is 2. The number of fused-ring (bicyclic) bond motifs is 1. The lowest BCUT2D eigenvalue weighted by Gasteiger charge is -2.19. The van der Waals surface area contributed by atoms with Gasteiger partial charge in [0.05, 0.1) is 12.6 Å². The lowest BCUT2D eigenvalue weighted by molar-refractivity contribution is 0.0542. The first kappa shape index (κ1) is 21.2. The Hall–Kier alpha value is -3.48. The molecular weight excluding hydrogens is 384 g/mol. The molecule has 156 valence electrons. The Balaban J connectivity index is 2.32. The van der Waals surface area contributed by atoms with Gasteiger partial charge in [0.2, 0.25) is 0 Å². The molecule has 0 bridgehead atoms. The van der Waals surface area contributed by atoms with Crippen LogP contribution in [0.3, 0.4) is 0 Å².